The molecule has 144 valence electrons. The number of esters is 1. The zero-order chi connectivity index (χ0) is 20.3. The Morgan fingerprint density at radius 2 is 1.71 bits per heavy atom. The highest BCUT2D eigenvalue weighted by Gasteiger charge is 2.18. The van der Waals surface area contributed by atoms with Gasteiger partial charge < -0.3 is 15.0 Å². The van der Waals surface area contributed by atoms with Gasteiger partial charge >= 0.3 is 5.97 Å². The number of amides is 1. The van der Waals surface area contributed by atoms with E-state index < -0.39 is 18.5 Å². The van der Waals surface area contributed by atoms with Crippen LogP contribution >= 0.6 is 0 Å². The van der Waals surface area contributed by atoms with Crippen LogP contribution in [0.3, 0.4) is 0 Å². The molecule has 8 nitrogen and oxygen atoms in total. The molecule has 1 N–H and O–H groups in total. The Balaban J connectivity index is 1.69. The molecule has 0 unspecified atom stereocenters. The lowest BCUT2D eigenvalue weighted by molar-refractivity contribution is -0.119. The van der Waals surface area contributed by atoms with Gasteiger partial charge in [0.25, 0.3) is 11.5 Å². The van der Waals surface area contributed by atoms with Crippen molar-refractivity contribution in [3.05, 3.63) is 64.6 Å². The Morgan fingerprint density at radius 1 is 1.07 bits per heavy atom. The quantitative estimate of drug-likeness (QED) is 0.679. The zero-order valence-corrected chi connectivity index (χ0v) is 15.8. The monoisotopic (exact) mass is 380 g/mol. The number of aromatic nitrogens is 2. The normalized spacial score (nSPS) is 10.5. The van der Waals surface area contributed by atoms with Crippen LogP contribution in [0.1, 0.15) is 10.5 Å². The smallest absolute Gasteiger partial charge is 0.359 e. The zero-order valence-electron chi connectivity index (χ0n) is 15.8. The van der Waals surface area contributed by atoms with Crippen LogP contribution in [0.5, 0.6) is 0 Å². The van der Waals surface area contributed by atoms with Crippen LogP contribution in [0.2, 0.25) is 0 Å². The summed E-state index contributed by atoms with van der Waals surface area (Å²) in [5.41, 5.74) is 1.27. The molecule has 8 heteroatoms. The molecule has 1 amide bonds. The third-order valence-electron chi connectivity index (χ3n) is 4.15. The van der Waals surface area contributed by atoms with Gasteiger partial charge in [0.15, 0.2) is 12.3 Å². The second-order valence-electron chi connectivity index (χ2n) is 6.39. The van der Waals surface area contributed by atoms with Gasteiger partial charge in [0.05, 0.1) is 5.39 Å². The molecule has 0 saturated heterocycles. The first-order chi connectivity index (χ1) is 13.4. The van der Waals surface area contributed by atoms with E-state index in [1.54, 1.807) is 36.4 Å². The SMILES string of the molecule is CN(C)c1ccc(NC(=O)COC(=O)c2nn(C)c(=O)c3ccccc23)cc1. The van der Waals surface area contributed by atoms with Crippen LogP contribution in [0.25, 0.3) is 10.8 Å². The Bertz CT molecular complexity index is 1090. The van der Waals surface area contributed by atoms with Gasteiger partial charge in [0.2, 0.25) is 0 Å². The summed E-state index contributed by atoms with van der Waals surface area (Å²) in [5, 5.41) is 7.39. The summed E-state index contributed by atoms with van der Waals surface area (Å²) in [7, 11) is 5.30. The number of fused-ring (bicyclic) bond motifs is 1. The highest BCUT2D eigenvalue weighted by atomic mass is 16.5. The van der Waals surface area contributed by atoms with Gasteiger partial charge in [-0.1, -0.05) is 18.2 Å². The van der Waals surface area contributed by atoms with Crippen LogP contribution < -0.4 is 15.8 Å². The van der Waals surface area contributed by atoms with Crippen molar-refractivity contribution in [2.75, 3.05) is 30.9 Å². The van der Waals surface area contributed by atoms with Crippen molar-refractivity contribution in [3.63, 3.8) is 0 Å². The number of carbonyl (C=O) groups excluding carboxylic acids is 2. The molecule has 0 aliphatic rings. The van der Waals surface area contributed by atoms with Gasteiger partial charge in [-0.05, 0) is 30.3 Å². The number of nitrogens with one attached hydrogen (secondary N) is 1. The van der Waals surface area contributed by atoms with E-state index in [2.05, 4.69) is 10.4 Å². The van der Waals surface area contributed by atoms with Crippen LogP contribution in [-0.2, 0) is 16.6 Å². The topological polar surface area (TPSA) is 93.5 Å². The van der Waals surface area contributed by atoms with E-state index in [-0.39, 0.29) is 11.3 Å². The molecule has 0 radical (unpaired) electrons. The Hall–Kier alpha value is -3.68. The summed E-state index contributed by atoms with van der Waals surface area (Å²) in [4.78, 5) is 38.6. The minimum Gasteiger partial charge on any atom is -0.451 e. The van der Waals surface area contributed by atoms with Crippen LogP contribution in [-0.4, -0.2) is 42.4 Å². The molecule has 0 atom stereocenters. The van der Waals surface area contributed by atoms with Crippen LogP contribution in [0, 0.1) is 0 Å². The molecule has 28 heavy (non-hydrogen) atoms. The van der Waals surface area contributed by atoms with Crippen molar-refractivity contribution in [3.8, 4) is 0 Å². The van der Waals surface area contributed by atoms with Gasteiger partial charge in [-0.25, -0.2) is 9.48 Å². The van der Waals surface area contributed by atoms with Crippen molar-refractivity contribution in [1.29, 1.82) is 0 Å². The summed E-state index contributed by atoms with van der Waals surface area (Å²) < 4.78 is 6.16. The van der Waals surface area contributed by atoms with Crippen molar-refractivity contribution < 1.29 is 14.3 Å². The molecule has 1 aromatic heterocycles. The Morgan fingerprint density at radius 3 is 2.36 bits per heavy atom. The van der Waals surface area contributed by atoms with Gasteiger partial charge in [0, 0.05) is 37.9 Å². The van der Waals surface area contributed by atoms with E-state index in [0.29, 0.717) is 16.5 Å². The van der Waals surface area contributed by atoms with Crippen LogP contribution in [0.15, 0.2) is 53.3 Å². The average molecular weight is 380 g/mol. The maximum atomic E-state index is 12.4. The van der Waals surface area contributed by atoms with E-state index in [4.69, 9.17) is 4.74 Å². The number of ether oxygens (including phenoxy) is 1. The molecule has 1 heterocycles. The second kappa shape index (κ2) is 7.91. The predicted molar refractivity (Wildman–Crippen MR) is 107 cm³/mol. The lowest BCUT2D eigenvalue weighted by Crippen LogP contribution is -2.26. The lowest BCUT2D eigenvalue weighted by Gasteiger charge is -2.13. The standard InChI is InChI=1S/C20H20N4O4/c1-23(2)14-10-8-13(9-11-14)21-17(25)12-28-20(27)18-15-6-4-5-7-16(15)19(26)24(3)22-18/h4-11H,12H2,1-3H3,(H,21,25). The highest BCUT2D eigenvalue weighted by Crippen LogP contribution is 2.16. The van der Waals surface area contributed by atoms with Gasteiger partial charge in [0.1, 0.15) is 0 Å². The first-order valence-electron chi connectivity index (χ1n) is 8.57. The molecule has 3 rings (SSSR count). The Labute approximate surface area is 161 Å². The second-order valence-corrected chi connectivity index (χ2v) is 6.39. The third kappa shape index (κ3) is 4.01. The first-order valence-corrected chi connectivity index (χ1v) is 8.57. The van der Waals surface area contributed by atoms with Gasteiger partial charge in [-0.2, -0.15) is 5.10 Å². The molecule has 0 bridgehead atoms. The van der Waals surface area contributed by atoms with E-state index in [9.17, 15) is 14.4 Å². The predicted octanol–water partition coefficient (Wildman–Crippen LogP) is 1.79. The lowest BCUT2D eigenvalue weighted by atomic mass is 10.1. The van der Waals surface area contributed by atoms with Crippen molar-refractivity contribution >= 4 is 34.0 Å². The molecular weight excluding hydrogens is 360 g/mol. The third-order valence-corrected chi connectivity index (χ3v) is 4.15. The van der Waals surface area contributed by atoms with Gasteiger partial charge in [-0.15, -0.1) is 0 Å². The minimum absolute atomic E-state index is 0.0131. The first kappa shape index (κ1) is 19.1. The van der Waals surface area contributed by atoms with E-state index in [1.807, 2.05) is 31.1 Å². The molecule has 0 aliphatic carbocycles. The number of carbonyl (C=O) groups is 2. The Kier molecular flexibility index (Phi) is 5.39. The molecule has 3 aromatic rings. The molecule has 0 saturated carbocycles. The fourth-order valence-electron chi connectivity index (χ4n) is 2.69. The van der Waals surface area contributed by atoms with Crippen molar-refractivity contribution in [2.45, 2.75) is 0 Å². The summed E-state index contributed by atoms with van der Waals surface area (Å²) in [6.07, 6.45) is 0. The summed E-state index contributed by atoms with van der Waals surface area (Å²) in [6.45, 7) is -0.465. The maximum absolute atomic E-state index is 12.4. The largest absolute Gasteiger partial charge is 0.451 e. The number of nitrogens with zero attached hydrogens (tertiary/aromatic N) is 3. The number of hydrogen-bond donors (Lipinski definition) is 1. The number of hydrogen-bond acceptors (Lipinski definition) is 6. The summed E-state index contributed by atoms with van der Waals surface area (Å²) >= 11 is 0. The average Bonchev–Trinajstić information content (AvgIpc) is 2.69. The molecule has 2 aromatic carbocycles. The van der Waals surface area contributed by atoms with E-state index in [0.717, 1.165) is 10.4 Å². The van der Waals surface area contributed by atoms with Crippen molar-refractivity contribution in [2.24, 2.45) is 7.05 Å². The fourth-order valence-corrected chi connectivity index (χ4v) is 2.69. The fraction of sp³-hybridized carbons (Fsp3) is 0.200. The number of rotatable bonds is 5. The highest BCUT2D eigenvalue weighted by molar-refractivity contribution is 6.03. The van der Waals surface area contributed by atoms with Gasteiger partial charge in [-0.3, -0.25) is 9.59 Å². The number of aryl methyl sites for hydroxylation is 1. The molecule has 0 spiro atoms. The number of anilines is 2. The number of benzene rings is 2. The molecule has 0 aliphatic heterocycles. The maximum Gasteiger partial charge on any atom is 0.359 e. The minimum atomic E-state index is -0.773. The molecular formula is C20H20N4O4. The van der Waals surface area contributed by atoms with E-state index in [1.165, 1.54) is 7.05 Å². The molecule has 0 fully saturated rings. The summed E-state index contributed by atoms with van der Waals surface area (Å²) in [6, 6.07) is 13.9. The van der Waals surface area contributed by atoms with Crippen LogP contribution in [0.4, 0.5) is 11.4 Å². The summed E-state index contributed by atoms with van der Waals surface area (Å²) in [5.74, 6) is -1.25. The van der Waals surface area contributed by atoms with Crippen molar-refractivity contribution in [1.82, 2.24) is 9.78 Å². The van der Waals surface area contributed by atoms with E-state index >= 15 is 0 Å².